The molecular weight excluding hydrogens is 375 g/mol. The summed E-state index contributed by atoms with van der Waals surface area (Å²) in [6, 6.07) is 12.8. The molecule has 1 aliphatic rings. The minimum atomic E-state index is -0.334. The second kappa shape index (κ2) is 8.10. The van der Waals surface area contributed by atoms with Crippen LogP contribution in [0.1, 0.15) is 31.1 Å². The van der Waals surface area contributed by atoms with Gasteiger partial charge in [-0.2, -0.15) is 0 Å². The van der Waals surface area contributed by atoms with Crippen molar-refractivity contribution in [2.75, 3.05) is 11.4 Å². The summed E-state index contributed by atoms with van der Waals surface area (Å²) < 4.78 is 13.3. The van der Waals surface area contributed by atoms with Crippen LogP contribution in [0.4, 0.5) is 10.1 Å². The Kier molecular flexibility index (Phi) is 5.79. The van der Waals surface area contributed by atoms with Crippen LogP contribution >= 0.6 is 11.8 Å². The fourth-order valence-electron chi connectivity index (χ4n) is 2.84. The van der Waals surface area contributed by atoms with Crippen molar-refractivity contribution in [1.29, 1.82) is 0 Å². The monoisotopic (exact) mass is 398 g/mol. The van der Waals surface area contributed by atoms with Gasteiger partial charge in [-0.05, 0) is 49.4 Å². The molecule has 0 aromatic heterocycles. The number of allylic oxidation sites excluding steroid dienone is 1. The van der Waals surface area contributed by atoms with Crippen LogP contribution in [0.2, 0.25) is 0 Å². The van der Waals surface area contributed by atoms with Crippen molar-refractivity contribution >= 4 is 23.4 Å². The first-order chi connectivity index (χ1) is 13.2. The number of hydrogen-bond acceptors (Lipinski definition) is 4. The molecule has 0 bridgehead atoms. The van der Waals surface area contributed by atoms with Crippen LogP contribution in [0.3, 0.4) is 0 Å². The number of nitrogens with zero attached hydrogens (tertiary/aromatic N) is 1. The molecule has 0 saturated heterocycles. The summed E-state index contributed by atoms with van der Waals surface area (Å²) in [7, 11) is 0. The second-order valence-corrected chi connectivity index (χ2v) is 8.63. The number of amides is 1. The Labute approximate surface area is 168 Å². The zero-order valence-electron chi connectivity index (χ0n) is 16.1. The predicted octanol–water partition coefficient (Wildman–Crippen LogP) is 5.24. The summed E-state index contributed by atoms with van der Waals surface area (Å²) in [5.41, 5.74) is 0.803. The molecule has 0 saturated carbocycles. The number of para-hydroxylation sites is 1. The molecule has 6 heteroatoms. The number of carbonyl (C=O) groups excluding carboxylic acids is 1. The molecule has 0 aliphatic carbocycles. The van der Waals surface area contributed by atoms with Crippen molar-refractivity contribution in [3.05, 3.63) is 82.1 Å². The maximum Gasteiger partial charge on any atom is 0.255 e. The molecule has 0 radical (unpaired) electrons. The number of phenolic OH excluding ortho intramolecular Hbond substituents is 1. The number of halogens is 1. The third-order valence-electron chi connectivity index (χ3n) is 4.29. The quantitative estimate of drug-likeness (QED) is 0.723. The van der Waals surface area contributed by atoms with E-state index in [2.05, 4.69) is 11.4 Å². The van der Waals surface area contributed by atoms with Crippen molar-refractivity contribution in [3.63, 3.8) is 0 Å². The Morgan fingerprint density at radius 1 is 1.21 bits per heavy atom. The Balaban J connectivity index is 1.74. The van der Waals surface area contributed by atoms with E-state index in [1.807, 2.05) is 31.9 Å². The SMILES string of the molecule is CC1=CN(c2ccc(F)cc2)C(=CC(C)(C)CNC(=O)c2ccccc2O)S1. The van der Waals surface area contributed by atoms with Crippen LogP contribution in [0.15, 0.2) is 70.7 Å². The van der Waals surface area contributed by atoms with Gasteiger partial charge in [0.1, 0.15) is 11.6 Å². The van der Waals surface area contributed by atoms with Gasteiger partial charge in [0, 0.05) is 28.8 Å². The molecule has 28 heavy (non-hydrogen) atoms. The molecule has 1 amide bonds. The van der Waals surface area contributed by atoms with Crippen molar-refractivity contribution in [2.45, 2.75) is 20.8 Å². The highest BCUT2D eigenvalue weighted by atomic mass is 32.2. The van der Waals surface area contributed by atoms with E-state index in [9.17, 15) is 14.3 Å². The average Bonchev–Trinajstić information content (AvgIpc) is 3.00. The first kappa shape index (κ1) is 20.0. The Morgan fingerprint density at radius 2 is 1.89 bits per heavy atom. The highest BCUT2D eigenvalue weighted by Gasteiger charge is 2.24. The minimum Gasteiger partial charge on any atom is -0.507 e. The average molecular weight is 399 g/mol. The number of rotatable bonds is 5. The van der Waals surface area contributed by atoms with E-state index < -0.39 is 0 Å². The lowest BCUT2D eigenvalue weighted by Gasteiger charge is -2.25. The fourth-order valence-corrected chi connectivity index (χ4v) is 3.97. The Hall–Kier alpha value is -2.73. The molecule has 0 unspecified atom stereocenters. The number of thioether (sulfide) groups is 1. The van der Waals surface area contributed by atoms with Crippen LogP contribution in [-0.4, -0.2) is 17.6 Å². The van der Waals surface area contributed by atoms with E-state index in [1.165, 1.54) is 18.2 Å². The van der Waals surface area contributed by atoms with E-state index in [0.29, 0.717) is 6.54 Å². The molecule has 146 valence electrons. The van der Waals surface area contributed by atoms with Gasteiger partial charge in [-0.15, -0.1) is 0 Å². The van der Waals surface area contributed by atoms with Crippen LogP contribution in [0.25, 0.3) is 0 Å². The summed E-state index contributed by atoms with van der Waals surface area (Å²) >= 11 is 1.63. The predicted molar refractivity (Wildman–Crippen MR) is 113 cm³/mol. The van der Waals surface area contributed by atoms with E-state index in [0.717, 1.165) is 15.6 Å². The first-order valence-corrected chi connectivity index (χ1v) is 9.77. The maximum atomic E-state index is 13.3. The topological polar surface area (TPSA) is 52.6 Å². The van der Waals surface area contributed by atoms with E-state index in [4.69, 9.17) is 0 Å². The molecule has 0 fully saturated rings. The van der Waals surface area contributed by atoms with Crippen molar-refractivity contribution < 1.29 is 14.3 Å². The van der Waals surface area contributed by atoms with Crippen molar-refractivity contribution in [2.24, 2.45) is 5.41 Å². The maximum absolute atomic E-state index is 13.3. The van der Waals surface area contributed by atoms with Crippen molar-refractivity contribution in [1.82, 2.24) is 5.32 Å². The van der Waals surface area contributed by atoms with Crippen LogP contribution < -0.4 is 10.2 Å². The summed E-state index contributed by atoms with van der Waals surface area (Å²) in [5.74, 6) is -0.618. The number of phenols is 1. The molecule has 4 nitrogen and oxygen atoms in total. The zero-order chi connectivity index (χ0) is 20.3. The lowest BCUT2D eigenvalue weighted by Crippen LogP contribution is -2.33. The largest absolute Gasteiger partial charge is 0.507 e. The van der Waals surface area contributed by atoms with Crippen LogP contribution in [-0.2, 0) is 0 Å². The summed E-state index contributed by atoms with van der Waals surface area (Å²) in [4.78, 5) is 15.5. The van der Waals surface area contributed by atoms with Crippen LogP contribution in [0, 0.1) is 11.2 Å². The van der Waals surface area contributed by atoms with Gasteiger partial charge in [-0.3, -0.25) is 4.79 Å². The van der Waals surface area contributed by atoms with E-state index in [1.54, 1.807) is 42.1 Å². The number of aromatic hydroxyl groups is 1. The lowest BCUT2D eigenvalue weighted by atomic mass is 9.93. The van der Waals surface area contributed by atoms with Gasteiger partial charge >= 0.3 is 0 Å². The first-order valence-electron chi connectivity index (χ1n) is 8.95. The fraction of sp³-hybridized carbons (Fsp3) is 0.227. The molecular formula is C22H23FN2O2S. The lowest BCUT2D eigenvalue weighted by molar-refractivity contribution is 0.0940. The molecule has 1 heterocycles. The Bertz CT molecular complexity index is 936. The normalized spacial score (nSPS) is 15.6. The van der Waals surface area contributed by atoms with Gasteiger partial charge in [-0.25, -0.2) is 4.39 Å². The number of anilines is 1. The third kappa shape index (κ3) is 4.75. The number of benzene rings is 2. The number of carbonyl (C=O) groups is 1. The van der Waals surface area contributed by atoms with Gasteiger partial charge in [0.05, 0.1) is 10.6 Å². The van der Waals surface area contributed by atoms with E-state index in [-0.39, 0.29) is 28.5 Å². The van der Waals surface area contributed by atoms with E-state index >= 15 is 0 Å². The minimum absolute atomic E-state index is 0.0372. The van der Waals surface area contributed by atoms with Gasteiger partial charge in [0.25, 0.3) is 5.91 Å². The molecule has 0 atom stereocenters. The highest BCUT2D eigenvalue weighted by Crippen LogP contribution is 2.41. The smallest absolute Gasteiger partial charge is 0.255 e. The molecule has 2 aromatic rings. The van der Waals surface area contributed by atoms with Crippen LogP contribution in [0.5, 0.6) is 5.75 Å². The number of hydrogen-bond donors (Lipinski definition) is 2. The highest BCUT2D eigenvalue weighted by molar-refractivity contribution is 8.07. The van der Waals surface area contributed by atoms with Crippen molar-refractivity contribution in [3.8, 4) is 5.75 Å². The van der Waals surface area contributed by atoms with Gasteiger partial charge in [-0.1, -0.05) is 37.7 Å². The summed E-state index contributed by atoms with van der Waals surface area (Å²) in [6.45, 7) is 6.49. The zero-order valence-corrected chi connectivity index (χ0v) is 16.9. The summed E-state index contributed by atoms with van der Waals surface area (Å²) in [5, 5.41) is 13.7. The van der Waals surface area contributed by atoms with Gasteiger partial charge < -0.3 is 15.3 Å². The van der Waals surface area contributed by atoms with Gasteiger partial charge in [0.15, 0.2) is 0 Å². The molecule has 2 N–H and O–H groups in total. The van der Waals surface area contributed by atoms with Gasteiger partial charge in [0.2, 0.25) is 0 Å². The standard InChI is InChI=1S/C22H23FN2O2S/c1-15-13-25(17-10-8-16(23)9-11-17)20(28-15)12-22(2,3)14-24-21(27)18-6-4-5-7-19(18)26/h4-13,26H,14H2,1-3H3,(H,24,27). The number of nitrogens with one attached hydrogen (secondary N) is 1. The molecule has 0 spiro atoms. The molecule has 3 rings (SSSR count). The molecule has 1 aliphatic heterocycles. The third-order valence-corrected chi connectivity index (χ3v) is 5.24. The second-order valence-electron chi connectivity index (χ2n) is 7.36. The summed E-state index contributed by atoms with van der Waals surface area (Å²) in [6.07, 6.45) is 4.11. The Morgan fingerprint density at radius 3 is 2.57 bits per heavy atom. The molecule has 2 aromatic carbocycles.